The van der Waals surface area contributed by atoms with E-state index in [1.54, 1.807) is 43.5 Å². The summed E-state index contributed by atoms with van der Waals surface area (Å²) in [5.41, 5.74) is 2.51. The number of amides is 1. The number of ketones is 1. The second-order valence-electron chi connectivity index (χ2n) is 8.82. The highest BCUT2D eigenvalue weighted by atomic mass is 79.9. The van der Waals surface area contributed by atoms with E-state index in [2.05, 4.69) is 15.9 Å². The molecule has 8 heteroatoms. The summed E-state index contributed by atoms with van der Waals surface area (Å²) in [6, 6.07) is 18.8. The predicted octanol–water partition coefficient (Wildman–Crippen LogP) is 5.94. The van der Waals surface area contributed by atoms with Crippen LogP contribution in [0.2, 0.25) is 0 Å². The van der Waals surface area contributed by atoms with Crippen LogP contribution in [0, 0.1) is 0 Å². The molecule has 1 N–H and O–H groups in total. The number of hydrogen-bond donors (Lipinski definition) is 1. The highest BCUT2D eigenvalue weighted by Gasteiger charge is 2.47. The Morgan fingerprint density at radius 2 is 1.73 bits per heavy atom. The zero-order chi connectivity index (χ0) is 26.7. The Hall–Kier alpha value is -3.78. The van der Waals surface area contributed by atoms with Crippen molar-refractivity contribution < 1.29 is 24.2 Å². The molecule has 7 nitrogen and oxygen atoms in total. The standard InChI is InChI=1S/C29H29BrN2O5/c1-5-16-37-24-9-7-6-8-22(24)32-26(18-10-13-20(14-11-18)31(2)3)25(28(34)29(32)35)27(33)19-12-15-23(36-4)21(30)17-19/h6-15,17,26,33H,5,16H2,1-4H3/b27-25-. The Balaban J connectivity index is 1.93. The Bertz CT molecular complexity index is 1350. The predicted molar refractivity (Wildman–Crippen MR) is 148 cm³/mol. The van der Waals surface area contributed by atoms with Crippen molar-refractivity contribution in [2.24, 2.45) is 0 Å². The van der Waals surface area contributed by atoms with Crippen molar-refractivity contribution in [2.75, 3.05) is 37.6 Å². The van der Waals surface area contributed by atoms with Crippen LogP contribution in [-0.4, -0.2) is 44.6 Å². The summed E-state index contributed by atoms with van der Waals surface area (Å²) in [6.45, 7) is 2.46. The van der Waals surface area contributed by atoms with Crippen molar-refractivity contribution in [3.63, 3.8) is 0 Å². The Morgan fingerprint density at radius 1 is 1.03 bits per heavy atom. The van der Waals surface area contributed by atoms with Gasteiger partial charge in [-0.2, -0.15) is 0 Å². The number of aliphatic hydroxyl groups is 1. The van der Waals surface area contributed by atoms with Gasteiger partial charge in [-0.25, -0.2) is 0 Å². The molecule has 192 valence electrons. The highest BCUT2D eigenvalue weighted by molar-refractivity contribution is 9.10. The van der Waals surface area contributed by atoms with Crippen molar-refractivity contribution in [1.82, 2.24) is 0 Å². The first-order valence-corrected chi connectivity index (χ1v) is 12.7. The van der Waals surface area contributed by atoms with E-state index in [0.29, 0.717) is 39.4 Å². The third-order valence-corrected chi connectivity index (χ3v) is 6.80. The molecule has 1 saturated heterocycles. The summed E-state index contributed by atoms with van der Waals surface area (Å²) in [5, 5.41) is 11.4. The number of anilines is 2. The Labute approximate surface area is 225 Å². The molecule has 3 aromatic carbocycles. The van der Waals surface area contributed by atoms with Crippen LogP contribution in [-0.2, 0) is 9.59 Å². The van der Waals surface area contributed by atoms with Gasteiger partial charge >= 0.3 is 0 Å². The largest absolute Gasteiger partial charge is 0.507 e. The van der Waals surface area contributed by atoms with Crippen LogP contribution in [0.3, 0.4) is 0 Å². The number of hydrogen-bond acceptors (Lipinski definition) is 6. The molecule has 0 spiro atoms. The van der Waals surface area contributed by atoms with Gasteiger partial charge in [-0.05, 0) is 70.4 Å². The van der Waals surface area contributed by atoms with Crippen LogP contribution in [0.25, 0.3) is 5.76 Å². The van der Waals surface area contributed by atoms with Crippen LogP contribution >= 0.6 is 15.9 Å². The van der Waals surface area contributed by atoms with Crippen molar-refractivity contribution in [3.8, 4) is 11.5 Å². The lowest BCUT2D eigenvalue weighted by atomic mass is 9.94. The maximum absolute atomic E-state index is 13.5. The molecule has 0 aromatic heterocycles. The monoisotopic (exact) mass is 564 g/mol. The van der Waals surface area contributed by atoms with E-state index in [0.717, 1.165) is 12.1 Å². The molecule has 1 aliphatic rings. The fraction of sp³-hybridized carbons (Fsp3) is 0.241. The van der Waals surface area contributed by atoms with Gasteiger partial charge in [-0.15, -0.1) is 0 Å². The van der Waals surface area contributed by atoms with Crippen molar-refractivity contribution >= 4 is 44.8 Å². The summed E-state index contributed by atoms with van der Waals surface area (Å²) in [5.74, 6) is -0.694. The normalized spacial score (nSPS) is 16.7. The lowest BCUT2D eigenvalue weighted by Crippen LogP contribution is -2.30. The van der Waals surface area contributed by atoms with E-state index in [1.165, 1.54) is 4.90 Å². The van der Waals surface area contributed by atoms with E-state index < -0.39 is 17.7 Å². The van der Waals surface area contributed by atoms with Crippen LogP contribution in [0.15, 0.2) is 76.8 Å². The van der Waals surface area contributed by atoms with E-state index in [4.69, 9.17) is 9.47 Å². The quantitative estimate of drug-likeness (QED) is 0.207. The van der Waals surface area contributed by atoms with Crippen molar-refractivity contribution in [3.05, 3.63) is 87.9 Å². The molecule has 1 atom stereocenters. The second kappa shape index (κ2) is 11.1. The molecule has 0 radical (unpaired) electrons. The summed E-state index contributed by atoms with van der Waals surface area (Å²) in [6.07, 6.45) is 0.787. The van der Waals surface area contributed by atoms with Crippen molar-refractivity contribution in [2.45, 2.75) is 19.4 Å². The van der Waals surface area contributed by atoms with Crippen LogP contribution in [0.4, 0.5) is 11.4 Å². The molecule has 4 rings (SSSR count). The maximum Gasteiger partial charge on any atom is 0.300 e. The molecular weight excluding hydrogens is 536 g/mol. The minimum absolute atomic E-state index is 0.00460. The fourth-order valence-corrected chi connectivity index (χ4v) is 4.85. The number of nitrogens with zero attached hydrogens (tertiary/aromatic N) is 2. The van der Waals surface area contributed by atoms with Gasteiger partial charge in [0, 0.05) is 25.3 Å². The number of para-hydroxylation sites is 2. The molecule has 1 amide bonds. The van der Waals surface area contributed by atoms with Crippen LogP contribution in [0.1, 0.15) is 30.5 Å². The minimum atomic E-state index is -0.858. The number of aliphatic hydroxyl groups excluding tert-OH is 1. The summed E-state index contributed by atoms with van der Waals surface area (Å²) in [7, 11) is 5.41. The molecule has 37 heavy (non-hydrogen) atoms. The highest BCUT2D eigenvalue weighted by Crippen LogP contribution is 2.45. The van der Waals surface area contributed by atoms with Gasteiger partial charge in [0.1, 0.15) is 17.3 Å². The van der Waals surface area contributed by atoms with Crippen LogP contribution < -0.4 is 19.3 Å². The van der Waals surface area contributed by atoms with Gasteiger partial charge in [-0.3, -0.25) is 14.5 Å². The van der Waals surface area contributed by atoms with Gasteiger partial charge in [0.15, 0.2) is 0 Å². The second-order valence-corrected chi connectivity index (χ2v) is 9.67. The number of halogens is 1. The van der Waals surface area contributed by atoms with E-state index in [9.17, 15) is 14.7 Å². The minimum Gasteiger partial charge on any atom is -0.507 e. The van der Waals surface area contributed by atoms with Gasteiger partial charge in [0.2, 0.25) is 0 Å². The number of methoxy groups -OCH3 is 1. The maximum atomic E-state index is 13.5. The number of carbonyl (C=O) groups is 2. The van der Waals surface area contributed by atoms with Crippen molar-refractivity contribution in [1.29, 1.82) is 0 Å². The Kier molecular flexibility index (Phi) is 7.88. The lowest BCUT2D eigenvalue weighted by molar-refractivity contribution is -0.132. The molecular formula is C29H29BrN2O5. The first kappa shape index (κ1) is 26.3. The van der Waals surface area contributed by atoms with Gasteiger partial charge in [0.25, 0.3) is 11.7 Å². The number of rotatable bonds is 8. The molecule has 1 heterocycles. The molecule has 1 unspecified atom stereocenters. The SMILES string of the molecule is CCCOc1ccccc1N1C(=O)C(=O)/C(=C(\O)c2ccc(OC)c(Br)c2)C1c1ccc(N(C)C)cc1. The molecule has 1 fully saturated rings. The van der Waals surface area contributed by atoms with Gasteiger partial charge < -0.3 is 19.5 Å². The number of carbonyl (C=O) groups excluding carboxylic acids is 2. The summed E-state index contributed by atoms with van der Waals surface area (Å²) >= 11 is 3.43. The summed E-state index contributed by atoms with van der Waals surface area (Å²) in [4.78, 5) is 30.4. The Morgan fingerprint density at radius 3 is 2.35 bits per heavy atom. The van der Waals surface area contributed by atoms with Gasteiger partial charge in [-0.1, -0.05) is 31.2 Å². The lowest BCUT2D eigenvalue weighted by Gasteiger charge is -2.27. The third-order valence-electron chi connectivity index (χ3n) is 6.18. The van der Waals surface area contributed by atoms with E-state index in [1.807, 2.05) is 56.3 Å². The molecule has 1 aliphatic heterocycles. The zero-order valence-electron chi connectivity index (χ0n) is 21.2. The average Bonchev–Trinajstić information content (AvgIpc) is 3.17. The number of ether oxygens (including phenoxy) is 2. The zero-order valence-corrected chi connectivity index (χ0v) is 22.8. The first-order chi connectivity index (χ1) is 17.8. The topological polar surface area (TPSA) is 79.3 Å². The number of Topliss-reactive ketones (excluding diaryl/α,β-unsaturated/α-hetero) is 1. The molecule has 0 saturated carbocycles. The van der Waals surface area contributed by atoms with Crippen LogP contribution in [0.5, 0.6) is 11.5 Å². The fourth-order valence-electron chi connectivity index (χ4n) is 4.31. The number of benzene rings is 3. The summed E-state index contributed by atoms with van der Waals surface area (Å²) < 4.78 is 11.8. The van der Waals surface area contributed by atoms with E-state index in [-0.39, 0.29) is 11.3 Å². The average molecular weight is 565 g/mol. The smallest absolute Gasteiger partial charge is 0.300 e. The molecule has 0 aliphatic carbocycles. The first-order valence-electron chi connectivity index (χ1n) is 11.9. The third kappa shape index (κ3) is 5.06. The molecule has 0 bridgehead atoms. The van der Waals surface area contributed by atoms with Gasteiger partial charge in [0.05, 0.1) is 35.5 Å². The molecule has 3 aromatic rings. The van der Waals surface area contributed by atoms with E-state index >= 15 is 0 Å².